The summed E-state index contributed by atoms with van der Waals surface area (Å²) in [5, 5.41) is 8.64. The van der Waals surface area contributed by atoms with Gasteiger partial charge in [0.15, 0.2) is 0 Å². The van der Waals surface area contributed by atoms with E-state index >= 15 is 0 Å². The summed E-state index contributed by atoms with van der Waals surface area (Å²) < 4.78 is 16.6. The van der Waals surface area contributed by atoms with E-state index in [1.807, 2.05) is 0 Å². The predicted octanol–water partition coefficient (Wildman–Crippen LogP) is 1.34. The van der Waals surface area contributed by atoms with Gasteiger partial charge in [0.05, 0.1) is 18.5 Å². The maximum absolute atomic E-state index is 11.6. The molecule has 0 atom stereocenters. The lowest BCUT2D eigenvalue weighted by molar-refractivity contribution is 0.267. The molecule has 0 aliphatic carbocycles. The van der Waals surface area contributed by atoms with Crippen LogP contribution in [0.1, 0.15) is 5.69 Å². The van der Waals surface area contributed by atoms with Crippen molar-refractivity contribution in [3.63, 3.8) is 0 Å². The number of aliphatic hydroxyl groups excluding tert-OH is 1. The molecule has 0 saturated heterocycles. The molecule has 74 valence electrons. The van der Waals surface area contributed by atoms with Crippen molar-refractivity contribution in [1.29, 1.82) is 0 Å². The quantitative estimate of drug-likeness (QED) is 0.811. The Kier molecular flexibility index (Phi) is 6.18. The van der Waals surface area contributed by atoms with Crippen LogP contribution in [0.5, 0.6) is 5.75 Å². The molecule has 1 N–H and O–H groups in total. The van der Waals surface area contributed by atoms with Crippen LogP contribution >= 0.6 is 12.4 Å². The molecule has 0 aliphatic heterocycles. The van der Waals surface area contributed by atoms with Gasteiger partial charge in [-0.05, 0) is 12.1 Å². The Morgan fingerprint density at radius 1 is 1.46 bits per heavy atom. The van der Waals surface area contributed by atoms with E-state index in [-0.39, 0.29) is 25.6 Å². The van der Waals surface area contributed by atoms with Crippen molar-refractivity contribution in [2.24, 2.45) is 0 Å². The summed E-state index contributed by atoms with van der Waals surface area (Å²) in [7, 11) is 0. The third-order valence-electron chi connectivity index (χ3n) is 1.31. The number of aromatic nitrogens is 1. The summed E-state index contributed by atoms with van der Waals surface area (Å²) in [4.78, 5) is 3.85. The van der Waals surface area contributed by atoms with E-state index in [1.165, 1.54) is 6.20 Å². The number of hydrogen-bond donors (Lipinski definition) is 1. The SMILES string of the molecule is Cl.OCc1ccc(OCCF)cn1. The summed E-state index contributed by atoms with van der Waals surface area (Å²) in [6.45, 7) is -0.564. The molecule has 13 heavy (non-hydrogen) atoms. The molecule has 0 spiro atoms. The Morgan fingerprint density at radius 2 is 2.23 bits per heavy atom. The Morgan fingerprint density at radius 3 is 2.69 bits per heavy atom. The fourth-order valence-corrected chi connectivity index (χ4v) is 0.746. The minimum Gasteiger partial charge on any atom is -0.489 e. The first-order valence-corrected chi connectivity index (χ1v) is 3.61. The first kappa shape index (κ1) is 12.1. The molecule has 0 aromatic carbocycles. The number of aliphatic hydroxyl groups is 1. The summed E-state index contributed by atoms with van der Waals surface area (Å²) >= 11 is 0. The van der Waals surface area contributed by atoms with E-state index in [1.54, 1.807) is 12.1 Å². The molecule has 0 fully saturated rings. The van der Waals surface area contributed by atoms with Gasteiger partial charge in [-0.2, -0.15) is 0 Å². The second-order valence-corrected chi connectivity index (χ2v) is 2.18. The minimum atomic E-state index is -0.512. The molecule has 0 radical (unpaired) electrons. The lowest BCUT2D eigenvalue weighted by atomic mass is 10.3. The monoisotopic (exact) mass is 207 g/mol. The minimum absolute atomic E-state index is 0. The van der Waals surface area contributed by atoms with E-state index < -0.39 is 6.67 Å². The third-order valence-corrected chi connectivity index (χ3v) is 1.31. The van der Waals surface area contributed by atoms with Crippen LogP contribution in [0.15, 0.2) is 18.3 Å². The highest BCUT2D eigenvalue weighted by Gasteiger charge is 1.94. The van der Waals surface area contributed by atoms with Crippen LogP contribution in [0.2, 0.25) is 0 Å². The van der Waals surface area contributed by atoms with Gasteiger partial charge in [-0.3, -0.25) is 4.98 Å². The molecule has 5 heteroatoms. The first-order valence-electron chi connectivity index (χ1n) is 3.61. The zero-order valence-electron chi connectivity index (χ0n) is 6.94. The van der Waals surface area contributed by atoms with Crippen LogP contribution in [0, 0.1) is 0 Å². The molecule has 1 heterocycles. The zero-order valence-corrected chi connectivity index (χ0v) is 7.76. The number of alkyl halides is 1. The van der Waals surface area contributed by atoms with Gasteiger partial charge in [-0.25, -0.2) is 4.39 Å². The van der Waals surface area contributed by atoms with Gasteiger partial charge >= 0.3 is 0 Å². The normalized spacial score (nSPS) is 9.08. The summed E-state index contributed by atoms with van der Waals surface area (Å²) in [6, 6.07) is 3.28. The van der Waals surface area contributed by atoms with Crippen LogP contribution in [-0.2, 0) is 6.61 Å². The number of ether oxygens (including phenoxy) is 1. The number of nitrogens with zero attached hydrogens (tertiary/aromatic N) is 1. The van der Waals surface area contributed by atoms with Crippen molar-refractivity contribution in [3.8, 4) is 5.75 Å². The highest BCUT2D eigenvalue weighted by Crippen LogP contribution is 2.08. The summed E-state index contributed by atoms with van der Waals surface area (Å²) in [5.41, 5.74) is 0.572. The van der Waals surface area contributed by atoms with Crippen molar-refractivity contribution < 1.29 is 14.2 Å². The highest BCUT2D eigenvalue weighted by atomic mass is 35.5. The average molecular weight is 208 g/mol. The molecule has 3 nitrogen and oxygen atoms in total. The van der Waals surface area contributed by atoms with Gasteiger partial charge in [0.25, 0.3) is 0 Å². The van der Waals surface area contributed by atoms with E-state index in [0.29, 0.717) is 11.4 Å². The van der Waals surface area contributed by atoms with Crippen LogP contribution in [-0.4, -0.2) is 23.4 Å². The van der Waals surface area contributed by atoms with Gasteiger partial charge in [0.1, 0.15) is 19.0 Å². The van der Waals surface area contributed by atoms with E-state index in [2.05, 4.69) is 4.98 Å². The molecular formula is C8H11ClFNO2. The summed E-state index contributed by atoms with van der Waals surface area (Å²) in [6.07, 6.45) is 1.46. The van der Waals surface area contributed by atoms with Crippen molar-refractivity contribution in [2.45, 2.75) is 6.61 Å². The number of hydrogen-bond acceptors (Lipinski definition) is 3. The topological polar surface area (TPSA) is 42.4 Å². The standard InChI is InChI=1S/C8H10FNO2.ClH/c9-3-4-12-8-2-1-7(6-11)10-5-8;/h1-2,5,11H,3-4,6H2;1H. The fourth-order valence-electron chi connectivity index (χ4n) is 0.746. The molecule has 1 aromatic heterocycles. The van der Waals surface area contributed by atoms with E-state index in [9.17, 15) is 4.39 Å². The van der Waals surface area contributed by atoms with Gasteiger partial charge in [0, 0.05) is 0 Å². The number of rotatable bonds is 4. The molecule has 1 rings (SSSR count). The largest absolute Gasteiger partial charge is 0.489 e. The predicted molar refractivity (Wildman–Crippen MR) is 48.9 cm³/mol. The van der Waals surface area contributed by atoms with Crippen molar-refractivity contribution in [3.05, 3.63) is 24.0 Å². The zero-order chi connectivity index (χ0) is 8.81. The molecule has 0 amide bonds. The second-order valence-electron chi connectivity index (χ2n) is 2.18. The van der Waals surface area contributed by atoms with Crippen LogP contribution in [0.4, 0.5) is 4.39 Å². The maximum Gasteiger partial charge on any atom is 0.137 e. The molecule has 0 saturated carbocycles. The smallest absolute Gasteiger partial charge is 0.137 e. The number of pyridine rings is 1. The Bertz CT molecular complexity index is 230. The van der Waals surface area contributed by atoms with Crippen molar-refractivity contribution in [2.75, 3.05) is 13.3 Å². The van der Waals surface area contributed by atoms with E-state index in [4.69, 9.17) is 9.84 Å². The average Bonchev–Trinajstić information content (AvgIpc) is 2.15. The Balaban J connectivity index is 0.00000144. The van der Waals surface area contributed by atoms with Gasteiger partial charge in [-0.15, -0.1) is 12.4 Å². The second kappa shape index (κ2) is 6.62. The first-order chi connectivity index (χ1) is 5.86. The molecule has 0 unspecified atom stereocenters. The Hall–Kier alpha value is -0.870. The van der Waals surface area contributed by atoms with Crippen molar-refractivity contribution in [1.82, 2.24) is 4.98 Å². The van der Waals surface area contributed by atoms with Crippen LogP contribution in [0.25, 0.3) is 0 Å². The van der Waals surface area contributed by atoms with Crippen molar-refractivity contribution >= 4 is 12.4 Å². The maximum atomic E-state index is 11.6. The molecule has 0 aliphatic rings. The van der Waals surface area contributed by atoms with Gasteiger partial charge in [0.2, 0.25) is 0 Å². The third kappa shape index (κ3) is 4.05. The molecular weight excluding hydrogens is 197 g/mol. The lowest BCUT2D eigenvalue weighted by Crippen LogP contribution is -1.99. The Labute approximate surface area is 82.0 Å². The highest BCUT2D eigenvalue weighted by molar-refractivity contribution is 5.85. The van der Waals surface area contributed by atoms with Gasteiger partial charge in [-0.1, -0.05) is 0 Å². The van der Waals surface area contributed by atoms with Gasteiger partial charge < -0.3 is 9.84 Å². The molecule has 0 bridgehead atoms. The van der Waals surface area contributed by atoms with Crippen LogP contribution in [0.3, 0.4) is 0 Å². The van der Waals surface area contributed by atoms with E-state index in [0.717, 1.165) is 0 Å². The number of halogens is 2. The summed E-state index contributed by atoms with van der Waals surface area (Å²) in [5.74, 6) is 0.518. The lowest BCUT2D eigenvalue weighted by Gasteiger charge is -2.02. The fraction of sp³-hybridized carbons (Fsp3) is 0.375. The molecule has 1 aromatic rings. The van der Waals surface area contributed by atoms with Crippen LogP contribution < -0.4 is 4.74 Å².